The van der Waals surface area contributed by atoms with Crippen molar-refractivity contribution in [2.45, 2.75) is 23.7 Å². The summed E-state index contributed by atoms with van der Waals surface area (Å²) >= 11 is 0. The molecule has 0 aromatic heterocycles. The number of nitrogens with zero attached hydrogens (tertiary/aromatic N) is 1. The molecule has 1 N–H and O–H groups in total. The van der Waals surface area contributed by atoms with Crippen LogP contribution in [0.5, 0.6) is 0 Å². The summed E-state index contributed by atoms with van der Waals surface area (Å²) in [6.45, 7) is 1.12. The van der Waals surface area contributed by atoms with E-state index in [0.29, 0.717) is 25.9 Å². The quantitative estimate of drug-likeness (QED) is 0.593. The molecule has 1 amide bonds. The number of carbonyl (C=O) groups is 1. The van der Waals surface area contributed by atoms with Crippen LogP contribution in [0.4, 0.5) is 0 Å². The van der Waals surface area contributed by atoms with Gasteiger partial charge in [-0.3, -0.25) is 4.79 Å². The Morgan fingerprint density at radius 1 is 0.875 bits per heavy atom. The van der Waals surface area contributed by atoms with Gasteiger partial charge in [0, 0.05) is 25.6 Å². The summed E-state index contributed by atoms with van der Waals surface area (Å²) in [5, 5.41) is 3.10. The predicted molar refractivity (Wildman–Crippen MR) is 126 cm³/mol. The first-order valence-electron chi connectivity index (χ1n) is 11.0. The number of hydrogen-bond acceptors (Lipinski definition) is 3. The molecule has 0 spiro atoms. The molecule has 1 unspecified atom stereocenters. The lowest BCUT2D eigenvalue weighted by Gasteiger charge is -2.31. The molecule has 0 radical (unpaired) electrons. The predicted octanol–water partition coefficient (Wildman–Crippen LogP) is 4.04. The summed E-state index contributed by atoms with van der Waals surface area (Å²) in [6.07, 6.45) is 1.36. The monoisotopic (exact) mass is 448 g/mol. The van der Waals surface area contributed by atoms with Crippen molar-refractivity contribution in [1.82, 2.24) is 9.62 Å². The Kier molecular flexibility index (Phi) is 7.02. The molecule has 0 bridgehead atoms. The van der Waals surface area contributed by atoms with Crippen molar-refractivity contribution in [3.8, 4) is 0 Å². The van der Waals surface area contributed by atoms with Crippen molar-refractivity contribution >= 4 is 15.9 Å². The maximum Gasteiger partial charge on any atom is 0.243 e. The number of hydrogen-bond donors (Lipinski definition) is 1. The number of nitrogens with one attached hydrogen (secondary N) is 1. The third kappa shape index (κ3) is 5.09. The largest absolute Gasteiger partial charge is 0.355 e. The standard InChI is InChI=1S/C26H28N2O3S/c29-26(23-15-10-18-28(20-23)32(30,31)24-16-8-3-9-17-24)27-19-25(21-11-4-1-5-12-21)22-13-6-2-7-14-22/h1-9,11-14,16-17,23,25H,10,15,18-20H2,(H,27,29). The topological polar surface area (TPSA) is 66.5 Å². The second kappa shape index (κ2) is 10.1. The molecule has 4 rings (SSSR count). The molecule has 6 heteroatoms. The summed E-state index contributed by atoms with van der Waals surface area (Å²) in [5.74, 6) is -0.404. The minimum Gasteiger partial charge on any atom is -0.355 e. The van der Waals surface area contributed by atoms with Gasteiger partial charge in [-0.1, -0.05) is 78.9 Å². The first kappa shape index (κ1) is 22.2. The van der Waals surface area contributed by atoms with Crippen LogP contribution in [0.3, 0.4) is 0 Å². The lowest BCUT2D eigenvalue weighted by Crippen LogP contribution is -2.46. The molecule has 1 heterocycles. The van der Waals surface area contributed by atoms with Gasteiger partial charge in [-0.25, -0.2) is 8.42 Å². The van der Waals surface area contributed by atoms with Crippen LogP contribution in [0, 0.1) is 5.92 Å². The highest BCUT2D eigenvalue weighted by atomic mass is 32.2. The lowest BCUT2D eigenvalue weighted by molar-refractivity contribution is -0.126. The first-order chi connectivity index (χ1) is 15.6. The molecule has 1 aliphatic heterocycles. The highest BCUT2D eigenvalue weighted by Gasteiger charge is 2.33. The van der Waals surface area contributed by atoms with Gasteiger partial charge in [0.15, 0.2) is 0 Å². The smallest absolute Gasteiger partial charge is 0.243 e. The third-order valence-corrected chi connectivity index (χ3v) is 7.90. The van der Waals surface area contributed by atoms with Gasteiger partial charge in [0.25, 0.3) is 0 Å². The highest BCUT2D eigenvalue weighted by molar-refractivity contribution is 7.89. The molecular weight excluding hydrogens is 420 g/mol. The number of piperidine rings is 1. The fraction of sp³-hybridized carbons (Fsp3) is 0.269. The van der Waals surface area contributed by atoms with Crippen LogP contribution in [0.25, 0.3) is 0 Å². The van der Waals surface area contributed by atoms with Crippen LogP contribution in [0.1, 0.15) is 29.9 Å². The van der Waals surface area contributed by atoms with Crippen LogP contribution in [-0.2, 0) is 14.8 Å². The van der Waals surface area contributed by atoms with Crippen LogP contribution >= 0.6 is 0 Å². The minimum absolute atomic E-state index is 0.0362. The summed E-state index contributed by atoms with van der Waals surface area (Å²) in [4.78, 5) is 13.3. The van der Waals surface area contributed by atoms with E-state index in [2.05, 4.69) is 29.6 Å². The van der Waals surface area contributed by atoms with Crippen molar-refractivity contribution in [2.24, 2.45) is 5.92 Å². The molecule has 3 aromatic rings. The number of carbonyl (C=O) groups excluding carboxylic acids is 1. The van der Waals surface area contributed by atoms with Crippen molar-refractivity contribution < 1.29 is 13.2 Å². The van der Waals surface area contributed by atoms with E-state index in [4.69, 9.17) is 0 Å². The zero-order valence-electron chi connectivity index (χ0n) is 17.9. The molecule has 0 saturated carbocycles. The fourth-order valence-corrected chi connectivity index (χ4v) is 5.81. The van der Waals surface area contributed by atoms with Crippen LogP contribution in [0.15, 0.2) is 95.9 Å². The van der Waals surface area contributed by atoms with E-state index in [1.165, 1.54) is 4.31 Å². The van der Waals surface area contributed by atoms with E-state index in [9.17, 15) is 13.2 Å². The van der Waals surface area contributed by atoms with Gasteiger partial charge in [0.2, 0.25) is 15.9 Å². The maximum atomic E-state index is 13.0. The molecule has 3 aromatic carbocycles. The Morgan fingerprint density at radius 2 is 1.41 bits per heavy atom. The van der Waals surface area contributed by atoms with Crippen molar-refractivity contribution in [2.75, 3.05) is 19.6 Å². The molecule has 166 valence electrons. The first-order valence-corrected chi connectivity index (χ1v) is 12.4. The van der Waals surface area contributed by atoms with E-state index in [1.54, 1.807) is 30.3 Å². The van der Waals surface area contributed by atoms with E-state index < -0.39 is 10.0 Å². The van der Waals surface area contributed by atoms with E-state index in [1.807, 2.05) is 36.4 Å². The van der Waals surface area contributed by atoms with Gasteiger partial charge in [0.05, 0.1) is 10.8 Å². The minimum atomic E-state index is -3.59. The van der Waals surface area contributed by atoms with Gasteiger partial charge < -0.3 is 5.32 Å². The normalized spacial score (nSPS) is 17.2. The Bertz CT molecular complexity index is 1080. The average Bonchev–Trinajstić information content (AvgIpc) is 2.86. The molecule has 1 fully saturated rings. The van der Waals surface area contributed by atoms with Gasteiger partial charge in [0.1, 0.15) is 0 Å². The van der Waals surface area contributed by atoms with Gasteiger partial charge >= 0.3 is 0 Å². The highest BCUT2D eigenvalue weighted by Crippen LogP contribution is 2.26. The Balaban J connectivity index is 1.45. The number of benzene rings is 3. The average molecular weight is 449 g/mol. The fourth-order valence-electron chi connectivity index (χ4n) is 4.26. The summed E-state index contributed by atoms with van der Waals surface area (Å²) in [7, 11) is -3.59. The summed E-state index contributed by atoms with van der Waals surface area (Å²) in [6, 6.07) is 28.7. The summed E-state index contributed by atoms with van der Waals surface area (Å²) < 4.78 is 27.4. The molecular formula is C26H28N2O3S. The van der Waals surface area contributed by atoms with Gasteiger partial charge in [-0.05, 0) is 36.1 Å². The molecule has 32 heavy (non-hydrogen) atoms. The van der Waals surface area contributed by atoms with Crippen LogP contribution in [0.2, 0.25) is 0 Å². The molecule has 0 aliphatic carbocycles. The third-order valence-electron chi connectivity index (χ3n) is 6.02. The maximum absolute atomic E-state index is 13.0. The Labute approximate surface area is 190 Å². The van der Waals surface area contributed by atoms with E-state index >= 15 is 0 Å². The zero-order chi connectivity index (χ0) is 22.4. The Hall–Kier alpha value is -2.96. The zero-order valence-corrected chi connectivity index (χ0v) is 18.7. The van der Waals surface area contributed by atoms with Crippen molar-refractivity contribution in [1.29, 1.82) is 0 Å². The number of rotatable bonds is 7. The molecule has 1 saturated heterocycles. The second-order valence-electron chi connectivity index (χ2n) is 8.13. The Morgan fingerprint density at radius 3 is 1.97 bits per heavy atom. The SMILES string of the molecule is O=C(NCC(c1ccccc1)c1ccccc1)C1CCCN(S(=O)(=O)c2ccccc2)C1. The molecule has 5 nitrogen and oxygen atoms in total. The number of amides is 1. The molecule has 1 aliphatic rings. The van der Waals surface area contributed by atoms with Crippen LogP contribution < -0.4 is 5.32 Å². The summed E-state index contributed by atoms with van der Waals surface area (Å²) in [5.41, 5.74) is 2.27. The van der Waals surface area contributed by atoms with Gasteiger partial charge in [-0.2, -0.15) is 4.31 Å². The lowest BCUT2D eigenvalue weighted by atomic mass is 9.91. The van der Waals surface area contributed by atoms with Crippen LogP contribution in [-0.4, -0.2) is 38.3 Å². The van der Waals surface area contributed by atoms with Crippen molar-refractivity contribution in [3.63, 3.8) is 0 Å². The van der Waals surface area contributed by atoms with E-state index in [0.717, 1.165) is 11.1 Å². The number of sulfonamides is 1. The van der Waals surface area contributed by atoms with Gasteiger partial charge in [-0.15, -0.1) is 0 Å². The molecule has 1 atom stereocenters. The van der Waals surface area contributed by atoms with E-state index in [-0.39, 0.29) is 29.2 Å². The second-order valence-corrected chi connectivity index (χ2v) is 10.1. The van der Waals surface area contributed by atoms with Crippen molar-refractivity contribution in [3.05, 3.63) is 102 Å².